The van der Waals surface area contributed by atoms with E-state index in [0.29, 0.717) is 19.8 Å². The van der Waals surface area contributed by atoms with Crippen molar-refractivity contribution in [2.45, 2.75) is 53.5 Å². The van der Waals surface area contributed by atoms with Crippen molar-refractivity contribution in [3.63, 3.8) is 0 Å². The number of esters is 1. The lowest BCUT2D eigenvalue weighted by molar-refractivity contribution is -0.150. The van der Waals surface area contributed by atoms with Crippen LogP contribution in [0.4, 0.5) is 4.79 Å². The minimum absolute atomic E-state index is 0.0136. The van der Waals surface area contributed by atoms with Crippen molar-refractivity contribution >= 4 is 12.1 Å². The summed E-state index contributed by atoms with van der Waals surface area (Å²) in [5.74, 6) is -0.373. The molecule has 0 aliphatic heterocycles. The van der Waals surface area contributed by atoms with Crippen LogP contribution in [0.15, 0.2) is 0 Å². The molecule has 0 spiro atoms. The Labute approximate surface area is 116 Å². The number of hydrogen-bond acceptors (Lipinski definition) is 4. The van der Waals surface area contributed by atoms with Crippen LogP contribution in [0, 0.1) is 5.92 Å². The van der Waals surface area contributed by atoms with Gasteiger partial charge in [0.2, 0.25) is 0 Å². The van der Waals surface area contributed by atoms with Crippen molar-refractivity contribution in [1.29, 1.82) is 0 Å². The summed E-state index contributed by atoms with van der Waals surface area (Å²) < 4.78 is 10.1. The van der Waals surface area contributed by atoms with E-state index >= 15 is 0 Å². The second kappa shape index (κ2) is 9.64. The highest BCUT2D eigenvalue weighted by Crippen LogP contribution is 2.15. The summed E-state index contributed by atoms with van der Waals surface area (Å²) in [6.45, 7) is 10.5. The van der Waals surface area contributed by atoms with Gasteiger partial charge in [0.25, 0.3) is 0 Å². The maximum absolute atomic E-state index is 12.0. The Kier molecular flexibility index (Phi) is 9.00. The molecule has 0 unspecified atom stereocenters. The Morgan fingerprint density at radius 2 is 1.63 bits per heavy atom. The molecule has 1 atom stereocenters. The summed E-state index contributed by atoms with van der Waals surface area (Å²) in [7, 11) is 0. The van der Waals surface area contributed by atoms with E-state index in [9.17, 15) is 9.59 Å². The molecule has 0 aliphatic carbocycles. The summed E-state index contributed by atoms with van der Waals surface area (Å²) in [6.07, 6.45) is 1.34. The lowest BCUT2D eigenvalue weighted by Gasteiger charge is -2.31. The molecule has 0 saturated heterocycles. The molecule has 5 nitrogen and oxygen atoms in total. The number of rotatable bonds is 8. The summed E-state index contributed by atoms with van der Waals surface area (Å²) in [6, 6.07) is -0.578. The quantitative estimate of drug-likeness (QED) is 0.638. The Morgan fingerprint density at radius 3 is 2.05 bits per heavy atom. The molecule has 5 heteroatoms. The first kappa shape index (κ1) is 17.7. The van der Waals surface area contributed by atoms with E-state index in [-0.39, 0.29) is 11.9 Å². The number of carbonyl (C=O) groups excluding carboxylic acids is 2. The third-order valence-corrected chi connectivity index (χ3v) is 2.75. The first-order valence-electron chi connectivity index (χ1n) is 7.09. The van der Waals surface area contributed by atoms with Gasteiger partial charge in [0.15, 0.2) is 0 Å². The number of amides is 1. The van der Waals surface area contributed by atoms with Gasteiger partial charge in [-0.15, -0.1) is 0 Å². The van der Waals surface area contributed by atoms with Gasteiger partial charge in [0, 0.05) is 6.54 Å². The first-order chi connectivity index (χ1) is 8.99. The second-order valence-corrected chi connectivity index (χ2v) is 4.69. The van der Waals surface area contributed by atoms with Gasteiger partial charge in [-0.25, -0.2) is 9.59 Å². The van der Waals surface area contributed by atoms with Crippen LogP contribution in [0.3, 0.4) is 0 Å². The second-order valence-electron chi connectivity index (χ2n) is 4.69. The van der Waals surface area contributed by atoms with Gasteiger partial charge in [-0.05, 0) is 26.2 Å². The van der Waals surface area contributed by atoms with Crippen LogP contribution < -0.4 is 0 Å². The lowest BCUT2D eigenvalue weighted by atomic mass is 10.0. The molecule has 0 aromatic heterocycles. The van der Waals surface area contributed by atoms with E-state index in [0.717, 1.165) is 12.8 Å². The SMILES string of the molecule is CCCCN(C(=O)OCC)[C@H](C(=O)OCC)C(C)C. The van der Waals surface area contributed by atoms with Gasteiger partial charge in [0.05, 0.1) is 13.2 Å². The molecule has 0 fully saturated rings. The van der Waals surface area contributed by atoms with Gasteiger partial charge in [-0.2, -0.15) is 0 Å². The molecule has 19 heavy (non-hydrogen) atoms. The summed E-state index contributed by atoms with van der Waals surface area (Å²) in [5, 5.41) is 0. The van der Waals surface area contributed by atoms with Crippen molar-refractivity contribution in [3.05, 3.63) is 0 Å². The van der Waals surface area contributed by atoms with Gasteiger partial charge in [-0.3, -0.25) is 4.90 Å². The molecule has 0 N–H and O–H groups in total. The molecule has 0 radical (unpaired) electrons. The normalized spacial score (nSPS) is 12.1. The van der Waals surface area contributed by atoms with Crippen LogP contribution in [0.25, 0.3) is 0 Å². The molecule has 0 heterocycles. The van der Waals surface area contributed by atoms with Crippen molar-refractivity contribution in [3.8, 4) is 0 Å². The number of ether oxygens (including phenoxy) is 2. The maximum atomic E-state index is 12.0. The third-order valence-electron chi connectivity index (χ3n) is 2.75. The fraction of sp³-hybridized carbons (Fsp3) is 0.857. The molecular weight excluding hydrogens is 246 g/mol. The van der Waals surface area contributed by atoms with Crippen molar-refractivity contribution in [2.75, 3.05) is 19.8 Å². The van der Waals surface area contributed by atoms with Crippen LogP contribution in [0.2, 0.25) is 0 Å². The number of hydrogen-bond donors (Lipinski definition) is 0. The topological polar surface area (TPSA) is 55.8 Å². The van der Waals surface area contributed by atoms with E-state index in [1.54, 1.807) is 13.8 Å². The van der Waals surface area contributed by atoms with Gasteiger partial charge < -0.3 is 9.47 Å². The summed E-state index contributed by atoms with van der Waals surface area (Å²) in [4.78, 5) is 25.5. The van der Waals surface area contributed by atoms with Crippen molar-refractivity contribution in [2.24, 2.45) is 5.92 Å². The van der Waals surface area contributed by atoms with E-state index < -0.39 is 12.1 Å². The van der Waals surface area contributed by atoms with E-state index in [2.05, 4.69) is 0 Å². The highest BCUT2D eigenvalue weighted by atomic mass is 16.6. The average Bonchev–Trinajstić information content (AvgIpc) is 2.34. The molecular formula is C14H27NO4. The van der Waals surface area contributed by atoms with Crippen LogP contribution in [-0.4, -0.2) is 42.8 Å². The number of unbranched alkanes of at least 4 members (excludes halogenated alkanes) is 1. The standard InChI is InChI=1S/C14H27NO4/c1-6-9-10-15(14(17)19-8-3)12(11(4)5)13(16)18-7-2/h11-12H,6-10H2,1-5H3/t12-/m0/s1. The van der Waals surface area contributed by atoms with Gasteiger partial charge >= 0.3 is 12.1 Å². The zero-order valence-corrected chi connectivity index (χ0v) is 12.8. The Morgan fingerprint density at radius 1 is 1.05 bits per heavy atom. The smallest absolute Gasteiger partial charge is 0.410 e. The van der Waals surface area contributed by atoms with Crippen LogP contribution in [-0.2, 0) is 14.3 Å². The van der Waals surface area contributed by atoms with Crippen LogP contribution in [0.1, 0.15) is 47.5 Å². The van der Waals surface area contributed by atoms with Crippen LogP contribution >= 0.6 is 0 Å². The van der Waals surface area contributed by atoms with E-state index in [4.69, 9.17) is 9.47 Å². The Bertz CT molecular complexity index is 279. The number of carbonyl (C=O) groups is 2. The van der Waals surface area contributed by atoms with Crippen molar-refractivity contribution < 1.29 is 19.1 Å². The Balaban J connectivity index is 5.00. The zero-order chi connectivity index (χ0) is 14.8. The maximum Gasteiger partial charge on any atom is 0.410 e. The minimum atomic E-state index is -0.578. The monoisotopic (exact) mass is 273 g/mol. The predicted octanol–water partition coefficient (Wildman–Crippen LogP) is 2.83. The first-order valence-corrected chi connectivity index (χ1v) is 7.09. The van der Waals surface area contributed by atoms with Crippen molar-refractivity contribution in [1.82, 2.24) is 4.90 Å². The molecule has 1 amide bonds. The molecule has 0 aromatic carbocycles. The highest BCUT2D eigenvalue weighted by Gasteiger charge is 2.34. The van der Waals surface area contributed by atoms with E-state index in [1.807, 2.05) is 20.8 Å². The molecule has 112 valence electrons. The van der Waals surface area contributed by atoms with Gasteiger partial charge in [0.1, 0.15) is 6.04 Å². The predicted molar refractivity (Wildman–Crippen MR) is 73.9 cm³/mol. The average molecular weight is 273 g/mol. The molecule has 0 aromatic rings. The molecule has 0 aliphatic rings. The third kappa shape index (κ3) is 5.94. The fourth-order valence-corrected chi connectivity index (χ4v) is 1.87. The minimum Gasteiger partial charge on any atom is -0.464 e. The zero-order valence-electron chi connectivity index (χ0n) is 12.8. The van der Waals surface area contributed by atoms with Crippen LogP contribution in [0.5, 0.6) is 0 Å². The molecule has 0 saturated carbocycles. The summed E-state index contributed by atoms with van der Waals surface area (Å²) in [5.41, 5.74) is 0. The largest absolute Gasteiger partial charge is 0.464 e. The number of nitrogens with zero attached hydrogens (tertiary/aromatic N) is 1. The van der Waals surface area contributed by atoms with E-state index in [1.165, 1.54) is 4.90 Å². The fourth-order valence-electron chi connectivity index (χ4n) is 1.87. The lowest BCUT2D eigenvalue weighted by Crippen LogP contribution is -2.49. The Hall–Kier alpha value is -1.26. The van der Waals surface area contributed by atoms with Gasteiger partial charge in [-0.1, -0.05) is 27.2 Å². The summed E-state index contributed by atoms with van der Waals surface area (Å²) >= 11 is 0. The molecule has 0 rings (SSSR count). The molecule has 0 bridgehead atoms. The highest BCUT2D eigenvalue weighted by molar-refractivity contribution is 5.81.